The van der Waals surface area contributed by atoms with Gasteiger partial charge in [0.1, 0.15) is 11.5 Å². The summed E-state index contributed by atoms with van der Waals surface area (Å²) in [6.07, 6.45) is 3.70. The second-order valence-electron chi connectivity index (χ2n) is 6.99. The average molecular weight is 484 g/mol. The maximum absolute atomic E-state index is 12.9. The standard InChI is InChI=1S/C24H19Cl2N3O2S/c1-2-12-29-23(30)22(14-16-8-10-19(25)20(26)13-16)32-24(29)28-27-15-18-9-11-21(31-18)17-6-4-3-5-7-17/h2-11,13,15,22H,1,12,14H2/b27-15-,28-24+/t22-/m1/s1. The van der Waals surface area contributed by atoms with Crippen LogP contribution in [0.3, 0.4) is 0 Å². The van der Waals surface area contributed by atoms with Crippen molar-refractivity contribution in [2.75, 3.05) is 6.54 Å². The van der Waals surface area contributed by atoms with E-state index in [1.54, 1.807) is 23.1 Å². The van der Waals surface area contributed by atoms with Gasteiger partial charge in [-0.25, -0.2) is 0 Å². The molecule has 2 aromatic carbocycles. The Morgan fingerprint density at radius 3 is 2.66 bits per heavy atom. The van der Waals surface area contributed by atoms with Crippen LogP contribution in [0.15, 0.2) is 87.9 Å². The summed E-state index contributed by atoms with van der Waals surface area (Å²) in [6, 6.07) is 18.9. The number of thioether (sulfide) groups is 1. The minimum absolute atomic E-state index is 0.0423. The lowest BCUT2D eigenvalue weighted by Crippen LogP contribution is -2.32. The van der Waals surface area contributed by atoms with Crippen molar-refractivity contribution in [3.63, 3.8) is 0 Å². The first kappa shape index (κ1) is 22.4. The summed E-state index contributed by atoms with van der Waals surface area (Å²) in [6.45, 7) is 4.10. The third-order valence-electron chi connectivity index (χ3n) is 4.75. The molecule has 5 nitrogen and oxygen atoms in total. The van der Waals surface area contributed by atoms with E-state index in [2.05, 4.69) is 16.8 Å². The maximum Gasteiger partial charge on any atom is 0.242 e. The molecule has 1 aliphatic heterocycles. The summed E-state index contributed by atoms with van der Waals surface area (Å²) in [5.74, 6) is 1.28. The fraction of sp³-hybridized carbons (Fsp3) is 0.125. The Labute approximate surface area is 200 Å². The van der Waals surface area contributed by atoms with Crippen LogP contribution in [0.25, 0.3) is 11.3 Å². The van der Waals surface area contributed by atoms with E-state index in [1.807, 2.05) is 48.5 Å². The molecule has 1 saturated heterocycles. The van der Waals surface area contributed by atoms with Gasteiger partial charge in [-0.2, -0.15) is 5.10 Å². The Hall–Kier alpha value is -2.80. The average Bonchev–Trinajstić information content (AvgIpc) is 3.38. The summed E-state index contributed by atoms with van der Waals surface area (Å²) in [5, 5.41) is 9.57. The van der Waals surface area contributed by atoms with Gasteiger partial charge in [0.2, 0.25) is 5.91 Å². The molecule has 0 saturated carbocycles. The number of carbonyl (C=O) groups is 1. The van der Waals surface area contributed by atoms with Crippen LogP contribution < -0.4 is 0 Å². The van der Waals surface area contributed by atoms with Crippen molar-refractivity contribution in [2.24, 2.45) is 10.2 Å². The predicted molar refractivity (Wildman–Crippen MR) is 133 cm³/mol. The molecule has 1 fully saturated rings. The molecule has 0 spiro atoms. The topological polar surface area (TPSA) is 58.2 Å². The zero-order valence-corrected chi connectivity index (χ0v) is 19.3. The molecule has 1 atom stereocenters. The lowest BCUT2D eigenvalue weighted by Gasteiger charge is -2.13. The Kier molecular flexibility index (Phi) is 7.15. The normalized spacial score (nSPS) is 17.6. The Balaban J connectivity index is 1.48. The number of rotatable bonds is 7. The van der Waals surface area contributed by atoms with Crippen LogP contribution in [-0.2, 0) is 11.2 Å². The minimum atomic E-state index is -0.325. The molecule has 0 aliphatic carbocycles. The molecule has 0 radical (unpaired) electrons. The number of nitrogens with zero attached hydrogens (tertiary/aromatic N) is 3. The number of benzene rings is 2. The molecular formula is C24H19Cl2N3O2S. The number of halogens is 2. The van der Waals surface area contributed by atoms with Crippen LogP contribution in [0.2, 0.25) is 10.0 Å². The zero-order chi connectivity index (χ0) is 22.5. The Bertz CT molecular complexity index is 1190. The van der Waals surface area contributed by atoms with Gasteiger partial charge in [0, 0.05) is 12.1 Å². The van der Waals surface area contributed by atoms with E-state index < -0.39 is 0 Å². The first-order valence-electron chi connectivity index (χ1n) is 9.84. The van der Waals surface area contributed by atoms with Crippen molar-refractivity contribution in [1.82, 2.24) is 4.90 Å². The number of amidine groups is 1. The van der Waals surface area contributed by atoms with Gasteiger partial charge < -0.3 is 4.42 Å². The summed E-state index contributed by atoms with van der Waals surface area (Å²) in [5.41, 5.74) is 1.91. The van der Waals surface area contributed by atoms with Crippen LogP contribution in [0, 0.1) is 0 Å². The van der Waals surface area contributed by atoms with E-state index in [9.17, 15) is 4.79 Å². The molecule has 4 rings (SSSR count). The number of furan rings is 1. The lowest BCUT2D eigenvalue weighted by atomic mass is 10.1. The highest BCUT2D eigenvalue weighted by Crippen LogP contribution is 2.31. The second-order valence-corrected chi connectivity index (χ2v) is 8.98. The molecule has 0 bridgehead atoms. The molecule has 1 aliphatic rings. The first-order chi connectivity index (χ1) is 15.5. The third kappa shape index (κ3) is 5.15. The number of hydrogen-bond acceptors (Lipinski definition) is 5. The van der Waals surface area contributed by atoms with Gasteiger partial charge >= 0.3 is 0 Å². The van der Waals surface area contributed by atoms with Crippen molar-refractivity contribution < 1.29 is 9.21 Å². The molecule has 8 heteroatoms. The summed E-state index contributed by atoms with van der Waals surface area (Å²) in [4.78, 5) is 14.5. The van der Waals surface area contributed by atoms with Crippen molar-refractivity contribution >= 4 is 52.3 Å². The fourth-order valence-corrected chi connectivity index (χ4v) is 4.67. The summed E-state index contributed by atoms with van der Waals surface area (Å²) in [7, 11) is 0. The largest absolute Gasteiger partial charge is 0.455 e. The van der Waals surface area contributed by atoms with Gasteiger partial charge in [-0.1, -0.05) is 77.4 Å². The van der Waals surface area contributed by atoms with Gasteiger partial charge in [0.05, 0.1) is 21.5 Å². The van der Waals surface area contributed by atoms with Gasteiger partial charge in [-0.05, 0) is 36.2 Å². The first-order valence-corrected chi connectivity index (χ1v) is 11.5. The second kappa shape index (κ2) is 10.2. The third-order valence-corrected chi connectivity index (χ3v) is 6.65. The van der Waals surface area contributed by atoms with Crippen molar-refractivity contribution in [2.45, 2.75) is 11.7 Å². The Morgan fingerprint density at radius 2 is 1.91 bits per heavy atom. The van der Waals surface area contributed by atoms with E-state index in [0.29, 0.717) is 33.9 Å². The molecule has 32 heavy (non-hydrogen) atoms. The number of hydrogen-bond donors (Lipinski definition) is 0. The molecule has 0 unspecified atom stereocenters. The highest BCUT2D eigenvalue weighted by Gasteiger charge is 2.37. The van der Waals surface area contributed by atoms with E-state index in [1.165, 1.54) is 18.0 Å². The van der Waals surface area contributed by atoms with Crippen LogP contribution >= 0.6 is 35.0 Å². The minimum Gasteiger partial charge on any atom is -0.455 e. The molecule has 162 valence electrons. The van der Waals surface area contributed by atoms with Gasteiger partial charge in [0.25, 0.3) is 0 Å². The molecule has 1 amide bonds. The van der Waals surface area contributed by atoms with E-state index >= 15 is 0 Å². The molecular weight excluding hydrogens is 465 g/mol. The predicted octanol–water partition coefficient (Wildman–Crippen LogP) is 6.32. The van der Waals surface area contributed by atoms with Gasteiger partial charge in [0.15, 0.2) is 5.17 Å². The highest BCUT2D eigenvalue weighted by molar-refractivity contribution is 8.15. The van der Waals surface area contributed by atoms with Crippen LogP contribution in [0.1, 0.15) is 11.3 Å². The van der Waals surface area contributed by atoms with Gasteiger partial charge in [-0.3, -0.25) is 9.69 Å². The highest BCUT2D eigenvalue weighted by atomic mass is 35.5. The van der Waals surface area contributed by atoms with E-state index in [4.69, 9.17) is 27.6 Å². The van der Waals surface area contributed by atoms with Crippen LogP contribution in [-0.4, -0.2) is 34.0 Å². The van der Waals surface area contributed by atoms with Crippen molar-refractivity contribution in [1.29, 1.82) is 0 Å². The van der Waals surface area contributed by atoms with E-state index in [-0.39, 0.29) is 11.2 Å². The molecule has 0 N–H and O–H groups in total. The van der Waals surface area contributed by atoms with Crippen molar-refractivity contribution in [3.05, 3.63) is 94.7 Å². The number of amides is 1. The Morgan fingerprint density at radius 1 is 1.09 bits per heavy atom. The summed E-state index contributed by atoms with van der Waals surface area (Å²) < 4.78 is 5.81. The van der Waals surface area contributed by atoms with E-state index in [0.717, 1.165) is 16.9 Å². The van der Waals surface area contributed by atoms with Crippen molar-refractivity contribution in [3.8, 4) is 11.3 Å². The fourth-order valence-electron chi connectivity index (χ4n) is 3.21. The molecule has 1 aromatic heterocycles. The van der Waals surface area contributed by atoms with Crippen LogP contribution in [0.5, 0.6) is 0 Å². The lowest BCUT2D eigenvalue weighted by molar-refractivity contribution is -0.125. The maximum atomic E-state index is 12.9. The van der Waals surface area contributed by atoms with Gasteiger partial charge in [-0.15, -0.1) is 11.7 Å². The summed E-state index contributed by atoms with van der Waals surface area (Å²) >= 11 is 13.5. The molecule has 2 heterocycles. The molecule has 3 aromatic rings. The zero-order valence-electron chi connectivity index (χ0n) is 16.9. The smallest absolute Gasteiger partial charge is 0.242 e. The quantitative estimate of drug-likeness (QED) is 0.224. The number of carbonyl (C=O) groups excluding carboxylic acids is 1. The monoisotopic (exact) mass is 483 g/mol. The van der Waals surface area contributed by atoms with Crippen LogP contribution in [0.4, 0.5) is 0 Å². The SMILES string of the molecule is C=CCN1C(=O)[C@@H](Cc2ccc(Cl)c(Cl)c2)S/C1=N/N=C\c1ccc(-c2ccccc2)o1.